The average Bonchev–Trinajstić information content (AvgIpc) is 2.08. The van der Waals surface area contributed by atoms with Crippen LogP contribution in [0, 0.1) is 0 Å². The number of hydrogen-bond acceptors (Lipinski definition) is 5. The molecule has 6 heteroatoms. The van der Waals surface area contributed by atoms with Gasteiger partial charge in [-0.1, -0.05) is 11.6 Å². The minimum absolute atomic E-state index is 0.405. The molecule has 0 aliphatic carbocycles. The van der Waals surface area contributed by atoms with Gasteiger partial charge in [0.05, 0.1) is 5.36 Å². The van der Waals surface area contributed by atoms with Crippen molar-refractivity contribution in [1.29, 1.82) is 0 Å². The fraction of sp³-hybridized carbons (Fsp3) is 0.125. The highest BCUT2D eigenvalue weighted by atomic mass is 35.5. The van der Waals surface area contributed by atoms with Gasteiger partial charge < -0.3 is 10.8 Å². The highest BCUT2D eigenvalue weighted by Gasteiger charge is 2.12. The molecule has 0 bridgehead atoms. The first-order valence-electron chi connectivity index (χ1n) is 3.88. The molecule has 1 aromatic carbocycles. The zero-order chi connectivity index (χ0) is 10.3. The van der Waals surface area contributed by atoms with E-state index in [1.807, 2.05) is 0 Å². The number of fused-ring (bicyclic) bond motifs is 1. The number of nitrogens with zero attached hydrogens (tertiary/aromatic N) is 2. The van der Waals surface area contributed by atoms with Crippen LogP contribution in [0.4, 0.5) is 5.69 Å². The molecule has 5 nitrogen and oxygen atoms in total. The number of hydrogen-bond donors (Lipinski definition) is 3. The summed E-state index contributed by atoms with van der Waals surface area (Å²) in [6.45, 7) is 0. The van der Waals surface area contributed by atoms with Crippen LogP contribution in [0.25, 0.3) is 6.20 Å². The SMILES string of the molecule is Nc1cc(Cl)cc2c1=CN(O)C(O)N=2. The van der Waals surface area contributed by atoms with Crippen molar-refractivity contribution in [3.63, 3.8) is 0 Å². The molecule has 4 N–H and O–H groups in total. The standard InChI is InChI=1S/C8H8ClN3O2/c9-4-1-6(10)5-3-12(14)8(13)11-7(5)2-4/h1-3,8,13-14H,10H2. The zero-order valence-corrected chi connectivity index (χ0v) is 7.81. The van der Waals surface area contributed by atoms with E-state index in [9.17, 15) is 5.11 Å². The Kier molecular flexibility index (Phi) is 2.07. The summed E-state index contributed by atoms with van der Waals surface area (Å²) in [6, 6.07) is 3.12. The Bertz CT molecular complexity index is 488. The second-order valence-electron chi connectivity index (χ2n) is 2.91. The third-order valence-electron chi connectivity index (χ3n) is 1.91. The molecule has 1 unspecified atom stereocenters. The first-order chi connectivity index (χ1) is 6.58. The van der Waals surface area contributed by atoms with Crippen LogP contribution in [0.15, 0.2) is 17.1 Å². The molecular weight excluding hydrogens is 206 g/mol. The number of benzene rings is 1. The molecule has 74 valence electrons. The summed E-state index contributed by atoms with van der Waals surface area (Å²) in [5.41, 5.74) is 6.06. The van der Waals surface area contributed by atoms with Crippen molar-refractivity contribution in [3.05, 3.63) is 27.7 Å². The van der Waals surface area contributed by atoms with Crippen LogP contribution in [0.5, 0.6) is 0 Å². The fourth-order valence-corrected chi connectivity index (χ4v) is 1.48. The van der Waals surface area contributed by atoms with Crippen molar-refractivity contribution in [2.45, 2.75) is 6.35 Å². The van der Waals surface area contributed by atoms with Gasteiger partial charge in [0.25, 0.3) is 0 Å². The van der Waals surface area contributed by atoms with E-state index in [0.717, 1.165) is 0 Å². The van der Waals surface area contributed by atoms with E-state index in [-0.39, 0.29) is 0 Å². The highest BCUT2D eigenvalue weighted by molar-refractivity contribution is 6.30. The third kappa shape index (κ3) is 1.41. The van der Waals surface area contributed by atoms with Crippen LogP contribution < -0.4 is 16.3 Å². The number of nitrogens with two attached hydrogens (primary N) is 1. The molecule has 0 amide bonds. The number of hydroxylamine groups is 2. The lowest BCUT2D eigenvalue weighted by Crippen LogP contribution is -2.41. The maximum atomic E-state index is 9.20. The highest BCUT2D eigenvalue weighted by Crippen LogP contribution is 2.07. The van der Waals surface area contributed by atoms with E-state index in [1.54, 1.807) is 12.1 Å². The minimum atomic E-state index is -1.31. The van der Waals surface area contributed by atoms with E-state index < -0.39 is 6.35 Å². The van der Waals surface area contributed by atoms with Crippen LogP contribution in [-0.4, -0.2) is 21.7 Å². The van der Waals surface area contributed by atoms with Gasteiger partial charge in [0, 0.05) is 22.1 Å². The van der Waals surface area contributed by atoms with E-state index in [0.29, 0.717) is 26.3 Å². The second-order valence-corrected chi connectivity index (χ2v) is 3.35. The van der Waals surface area contributed by atoms with E-state index in [4.69, 9.17) is 22.5 Å². The largest absolute Gasteiger partial charge is 0.398 e. The molecule has 2 rings (SSSR count). The number of anilines is 1. The lowest BCUT2D eigenvalue weighted by molar-refractivity contribution is -0.141. The Morgan fingerprint density at radius 2 is 2.21 bits per heavy atom. The van der Waals surface area contributed by atoms with E-state index >= 15 is 0 Å². The predicted octanol–water partition coefficient (Wildman–Crippen LogP) is -0.740. The minimum Gasteiger partial charge on any atom is -0.398 e. The van der Waals surface area contributed by atoms with Crippen molar-refractivity contribution in [2.75, 3.05) is 5.73 Å². The smallest absolute Gasteiger partial charge is 0.248 e. The summed E-state index contributed by atoms with van der Waals surface area (Å²) in [5, 5.41) is 20.4. The fourth-order valence-electron chi connectivity index (χ4n) is 1.25. The molecule has 0 spiro atoms. The van der Waals surface area contributed by atoms with Crippen LogP contribution in [0.3, 0.4) is 0 Å². The monoisotopic (exact) mass is 213 g/mol. The molecule has 1 aromatic rings. The van der Waals surface area contributed by atoms with Gasteiger partial charge in [-0.25, -0.2) is 10.1 Å². The normalized spacial score (nSPS) is 19.6. The van der Waals surface area contributed by atoms with Gasteiger partial charge in [0.1, 0.15) is 0 Å². The molecule has 0 saturated heterocycles. The molecule has 1 atom stereocenters. The summed E-state index contributed by atoms with van der Waals surface area (Å²) in [6.07, 6.45) is -0.000988. The summed E-state index contributed by atoms with van der Waals surface area (Å²) in [4.78, 5) is 3.78. The molecule has 1 aliphatic heterocycles. The van der Waals surface area contributed by atoms with Crippen molar-refractivity contribution in [2.24, 2.45) is 4.99 Å². The van der Waals surface area contributed by atoms with E-state index in [2.05, 4.69) is 4.99 Å². The summed E-state index contributed by atoms with van der Waals surface area (Å²) >= 11 is 5.75. The quantitative estimate of drug-likeness (QED) is 0.496. The predicted molar refractivity (Wildman–Crippen MR) is 50.7 cm³/mol. The van der Waals surface area contributed by atoms with Crippen LogP contribution >= 0.6 is 11.6 Å². The Morgan fingerprint density at radius 1 is 1.50 bits per heavy atom. The maximum Gasteiger partial charge on any atom is 0.248 e. The van der Waals surface area contributed by atoms with Crippen molar-refractivity contribution >= 4 is 23.5 Å². The Hall–Kier alpha value is -1.30. The van der Waals surface area contributed by atoms with Gasteiger partial charge in [-0.2, -0.15) is 0 Å². The van der Waals surface area contributed by atoms with Crippen molar-refractivity contribution in [1.82, 2.24) is 5.06 Å². The lowest BCUT2D eigenvalue weighted by Gasteiger charge is -2.18. The Morgan fingerprint density at radius 3 is 2.93 bits per heavy atom. The zero-order valence-electron chi connectivity index (χ0n) is 7.05. The average molecular weight is 214 g/mol. The summed E-state index contributed by atoms with van der Waals surface area (Å²) < 4.78 is 0. The van der Waals surface area contributed by atoms with Crippen LogP contribution in [0.2, 0.25) is 5.02 Å². The van der Waals surface area contributed by atoms with Gasteiger partial charge >= 0.3 is 0 Å². The third-order valence-corrected chi connectivity index (χ3v) is 2.13. The molecule has 0 fully saturated rings. The number of rotatable bonds is 0. The van der Waals surface area contributed by atoms with Gasteiger partial charge in [0.15, 0.2) is 0 Å². The van der Waals surface area contributed by atoms with E-state index in [1.165, 1.54) is 6.20 Å². The number of nitrogen functional groups attached to an aromatic ring is 1. The second kappa shape index (κ2) is 3.13. The summed E-state index contributed by atoms with van der Waals surface area (Å²) in [7, 11) is 0. The van der Waals surface area contributed by atoms with Crippen LogP contribution in [-0.2, 0) is 0 Å². The maximum absolute atomic E-state index is 9.20. The van der Waals surface area contributed by atoms with Gasteiger partial charge in [-0.05, 0) is 12.1 Å². The molecule has 0 saturated carbocycles. The van der Waals surface area contributed by atoms with Crippen molar-refractivity contribution in [3.8, 4) is 0 Å². The molecule has 1 aliphatic rings. The molecule has 1 heterocycles. The number of halogens is 1. The Balaban J connectivity index is 2.79. The summed E-state index contributed by atoms with van der Waals surface area (Å²) in [5.74, 6) is 0. The number of aliphatic hydroxyl groups is 1. The molecular formula is C8H8ClN3O2. The molecule has 14 heavy (non-hydrogen) atoms. The van der Waals surface area contributed by atoms with Crippen LogP contribution in [0.1, 0.15) is 0 Å². The van der Waals surface area contributed by atoms with Gasteiger partial charge in [-0.3, -0.25) is 5.21 Å². The topological polar surface area (TPSA) is 82.1 Å². The number of aliphatic hydroxyl groups excluding tert-OH is 1. The lowest BCUT2D eigenvalue weighted by atomic mass is 10.2. The van der Waals surface area contributed by atoms with Crippen molar-refractivity contribution < 1.29 is 10.3 Å². The Labute approximate surface area is 84.3 Å². The van der Waals surface area contributed by atoms with Gasteiger partial charge in [0.2, 0.25) is 6.35 Å². The first-order valence-corrected chi connectivity index (χ1v) is 4.26. The first kappa shape index (κ1) is 9.26. The molecule has 0 aromatic heterocycles. The molecule has 0 radical (unpaired) electrons. The van der Waals surface area contributed by atoms with Gasteiger partial charge in [-0.15, -0.1) is 0 Å².